The molecule has 0 aromatic carbocycles. The number of rotatable bonds is 3. The minimum Gasteiger partial charge on any atom is -0.390 e. The fourth-order valence-corrected chi connectivity index (χ4v) is 3.01. The molecule has 0 amide bonds. The van der Waals surface area contributed by atoms with E-state index in [9.17, 15) is 15.2 Å². The van der Waals surface area contributed by atoms with E-state index >= 15 is 0 Å². The normalized spacial score (nSPS) is 26.9. The van der Waals surface area contributed by atoms with Crippen molar-refractivity contribution in [2.24, 2.45) is 0 Å². The van der Waals surface area contributed by atoms with Crippen molar-refractivity contribution >= 4 is 23.0 Å². The third kappa shape index (κ3) is 2.21. The topological polar surface area (TPSA) is 93.2 Å². The molecule has 0 aliphatic heterocycles. The molecule has 0 saturated heterocycles. The Morgan fingerprint density at radius 1 is 1.74 bits per heavy atom. The third-order valence-electron chi connectivity index (χ3n) is 3.67. The highest BCUT2D eigenvalue weighted by Crippen LogP contribution is 2.36. The monoisotopic (exact) mass is 284 g/mol. The van der Waals surface area contributed by atoms with Crippen LogP contribution in [0.2, 0.25) is 0 Å². The van der Waals surface area contributed by atoms with E-state index in [1.165, 1.54) is 12.5 Å². The van der Waals surface area contributed by atoms with Crippen LogP contribution >= 0.6 is 12.2 Å². The number of hydrogen-bond acceptors (Lipinski definition) is 5. The van der Waals surface area contributed by atoms with Crippen molar-refractivity contribution in [3.8, 4) is 0 Å². The number of nitrogens with zero attached hydrogens (tertiary/aromatic N) is 3. The summed E-state index contributed by atoms with van der Waals surface area (Å²) in [6.07, 6.45) is 5.12. The van der Waals surface area contributed by atoms with Crippen LogP contribution in [0.15, 0.2) is 12.5 Å². The van der Waals surface area contributed by atoms with Gasteiger partial charge < -0.3 is 20.5 Å². The van der Waals surface area contributed by atoms with Crippen LogP contribution in [-0.2, 0) is 5.54 Å². The summed E-state index contributed by atoms with van der Waals surface area (Å²) in [6, 6.07) is 0. The Labute approximate surface area is 115 Å². The standard InChI is InChI=1S/C11H16N4O3S/c1-12-10(19)11(5-3-2-4-8(11)16)14-6-9(13-7-14)15(17)18/h6-8,16H,2-5H2,1H3,(H,12,19). The highest BCUT2D eigenvalue weighted by molar-refractivity contribution is 7.80. The predicted molar refractivity (Wildman–Crippen MR) is 73.0 cm³/mol. The minimum absolute atomic E-state index is 0.240. The molecule has 0 bridgehead atoms. The molecule has 7 nitrogen and oxygen atoms in total. The molecular weight excluding hydrogens is 268 g/mol. The second kappa shape index (κ2) is 5.22. The first-order valence-corrected chi connectivity index (χ1v) is 6.52. The van der Waals surface area contributed by atoms with Gasteiger partial charge in [0.15, 0.2) is 0 Å². The van der Waals surface area contributed by atoms with E-state index in [-0.39, 0.29) is 5.82 Å². The molecule has 1 aromatic heterocycles. The molecule has 0 spiro atoms. The lowest BCUT2D eigenvalue weighted by Gasteiger charge is -2.42. The predicted octanol–water partition coefficient (Wildman–Crippen LogP) is 0.968. The van der Waals surface area contributed by atoms with Crippen molar-refractivity contribution in [2.45, 2.75) is 37.3 Å². The van der Waals surface area contributed by atoms with Crippen LogP contribution in [0.4, 0.5) is 5.82 Å². The zero-order chi connectivity index (χ0) is 14.0. The second-order valence-corrected chi connectivity index (χ2v) is 5.07. The number of aromatic nitrogens is 2. The Hall–Kier alpha value is -1.54. The highest BCUT2D eigenvalue weighted by atomic mass is 32.1. The molecule has 2 unspecified atom stereocenters. The van der Waals surface area contributed by atoms with Crippen molar-refractivity contribution in [3.05, 3.63) is 22.6 Å². The van der Waals surface area contributed by atoms with Gasteiger partial charge in [0.1, 0.15) is 16.7 Å². The van der Waals surface area contributed by atoms with E-state index in [0.717, 1.165) is 12.8 Å². The molecule has 8 heteroatoms. The maximum Gasteiger partial charge on any atom is 0.381 e. The Morgan fingerprint density at radius 2 is 2.47 bits per heavy atom. The number of aliphatic hydroxyl groups is 1. The maximum absolute atomic E-state index is 10.7. The lowest BCUT2D eigenvalue weighted by atomic mass is 9.78. The number of aliphatic hydroxyl groups excluding tert-OH is 1. The van der Waals surface area contributed by atoms with Crippen molar-refractivity contribution in [3.63, 3.8) is 0 Å². The van der Waals surface area contributed by atoms with Gasteiger partial charge in [-0.2, -0.15) is 0 Å². The highest BCUT2D eigenvalue weighted by Gasteiger charge is 2.46. The first-order valence-electron chi connectivity index (χ1n) is 6.11. The number of nitro groups is 1. The van der Waals surface area contributed by atoms with Gasteiger partial charge in [-0.05, 0) is 22.7 Å². The average molecular weight is 284 g/mol. The van der Waals surface area contributed by atoms with Gasteiger partial charge in [0.2, 0.25) is 6.33 Å². The Kier molecular flexibility index (Phi) is 3.81. The fourth-order valence-electron chi connectivity index (χ4n) is 2.66. The van der Waals surface area contributed by atoms with Crippen LogP contribution in [-0.4, -0.2) is 37.7 Å². The maximum atomic E-state index is 10.7. The molecule has 104 valence electrons. The minimum atomic E-state index is -0.830. The molecule has 2 rings (SSSR count). The molecule has 1 heterocycles. The molecule has 2 atom stereocenters. The van der Waals surface area contributed by atoms with Crippen LogP contribution in [0.25, 0.3) is 0 Å². The van der Waals surface area contributed by atoms with E-state index in [0.29, 0.717) is 17.8 Å². The van der Waals surface area contributed by atoms with Gasteiger partial charge in [-0.25, -0.2) is 0 Å². The summed E-state index contributed by atoms with van der Waals surface area (Å²) in [5.74, 6) is -0.240. The van der Waals surface area contributed by atoms with Crippen LogP contribution in [0.5, 0.6) is 0 Å². The number of nitrogens with one attached hydrogen (secondary N) is 1. The quantitative estimate of drug-likeness (QED) is 0.488. The molecule has 1 fully saturated rings. The molecule has 1 saturated carbocycles. The van der Waals surface area contributed by atoms with Gasteiger partial charge >= 0.3 is 5.82 Å². The Bertz CT molecular complexity index is 504. The molecule has 0 radical (unpaired) electrons. The van der Waals surface area contributed by atoms with Crippen LogP contribution in [0.3, 0.4) is 0 Å². The van der Waals surface area contributed by atoms with Gasteiger partial charge in [0.05, 0.1) is 6.10 Å². The van der Waals surface area contributed by atoms with E-state index in [1.807, 2.05) is 0 Å². The van der Waals surface area contributed by atoms with Gasteiger partial charge in [-0.1, -0.05) is 25.1 Å². The van der Waals surface area contributed by atoms with Crippen molar-refractivity contribution < 1.29 is 10.0 Å². The smallest absolute Gasteiger partial charge is 0.381 e. The van der Waals surface area contributed by atoms with Crippen molar-refractivity contribution in [1.29, 1.82) is 0 Å². The second-order valence-electron chi connectivity index (χ2n) is 4.66. The van der Waals surface area contributed by atoms with E-state index in [1.54, 1.807) is 11.6 Å². The number of imidazole rings is 1. The molecule has 1 aromatic rings. The van der Waals surface area contributed by atoms with Gasteiger partial charge in [0, 0.05) is 7.05 Å². The summed E-state index contributed by atoms with van der Waals surface area (Å²) in [5.41, 5.74) is -0.830. The Morgan fingerprint density at radius 3 is 3.00 bits per heavy atom. The molecule has 1 aliphatic carbocycles. The lowest BCUT2D eigenvalue weighted by molar-refractivity contribution is -0.389. The molecule has 1 aliphatic rings. The summed E-state index contributed by atoms with van der Waals surface area (Å²) in [5, 5.41) is 24.0. The van der Waals surface area contributed by atoms with Gasteiger partial charge in [0.25, 0.3) is 0 Å². The van der Waals surface area contributed by atoms with Crippen LogP contribution in [0.1, 0.15) is 25.7 Å². The van der Waals surface area contributed by atoms with Crippen molar-refractivity contribution in [2.75, 3.05) is 7.05 Å². The summed E-state index contributed by atoms with van der Waals surface area (Å²) in [7, 11) is 1.69. The van der Waals surface area contributed by atoms with Crippen LogP contribution < -0.4 is 5.32 Å². The first kappa shape index (κ1) is 13.9. The summed E-state index contributed by atoms with van der Waals surface area (Å²) < 4.78 is 1.58. The molecular formula is C11H16N4O3S. The summed E-state index contributed by atoms with van der Waals surface area (Å²) >= 11 is 5.33. The number of hydrogen-bond donors (Lipinski definition) is 2. The van der Waals surface area contributed by atoms with Crippen LogP contribution in [0, 0.1) is 10.1 Å². The summed E-state index contributed by atoms with van der Waals surface area (Å²) in [6.45, 7) is 0. The zero-order valence-corrected chi connectivity index (χ0v) is 11.4. The largest absolute Gasteiger partial charge is 0.390 e. The lowest BCUT2D eigenvalue weighted by Crippen LogP contribution is -2.56. The van der Waals surface area contributed by atoms with E-state index in [4.69, 9.17) is 12.2 Å². The third-order valence-corrected chi connectivity index (χ3v) is 4.23. The van der Waals surface area contributed by atoms with Gasteiger partial charge in [-0.15, -0.1) is 0 Å². The average Bonchev–Trinajstić information content (AvgIpc) is 2.88. The molecule has 2 N–H and O–H groups in total. The SMILES string of the molecule is CNC(=S)C1(n2cnc([N+](=O)[O-])c2)CCCCC1O. The van der Waals surface area contributed by atoms with E-state index in [2.05, 4.69) is 10.3 Å². The van der Waals surface area contributed by atoms with E-state index < -0.39 is 16.6 Å². The number of thiocarbonyl (C=S) groups is 1. The molecule has 19 heavy (non-hydrogen) atoms. The zero-order valence-electron chi connectivity index (χ0n) is 10.6. The van der Waals surface area contributed by atoms with Crippen molar-refractivity contribution in [1.82, 2.24) is 14.9 Å². The summed E-state index contributed by atoms with van der Waals surface area (Å²) in [4.78, 5) is 14.4. The first-order chi connectivity index (χ1) is 9.02. The van der Waals surface area contributed by atoms with Gasteiger partial charge in [-0.3, -0.25) is 4.57 Å². The fraction of sp³-hybridized carbons (Fsp3) is 0.636. The Balaban J connectivity index is 2.47. The number of likely N-dealkylation sites (N-methyl/N-ethyl adjacent to an activating group) is 1.